The highest BCUT2D eigenvalue weighted by atomic mass is 19.1. The zero-order valence-corrected chi connectivity index (χ0v) is 12.9. The van der Waals surface area contributed by atoms with Crippen LogP contribution in [0.15, 0.2) is 12.3 Å². The number of anilines is 1. The van der Waals surface area contributed by atoms with E-state index in [1.807, 2.05) is 0 Å². The number of hydrogen-bond acceptors (Lipinski definition) is 4. The number of ether oxygens (including phenoxy) is 1. The molecule has 1 atom stereocenters. The molecule has 1 aromatic rings. The maximum atomic E-state index is 13.5. The maximum absolute atomic E-state index is 13.5. The molecular weight excluding hydrogens is 269 g/mol. The van der Waals surface area contributed by atoms with Crippen molar-refractivity contribution in [1.82, 2.24) is 10.3 Å². The Kier molecular flexibility index (Phi) is 4.13. The van der Waals surface area contributed by atoms with Crippen molar-refractivity contribution in [3.8, 4) is 0 Å². The number of rotatable bonds is 5. The van der Waals surface area contributed by atoms with Gasteiger partial charge in [0.15, 0.2) is 0 Å². The van der Waals surface area contributed by atoms with E-state index in [2.05, 4.69) is 22.1 Å². The number of nitrogens with one attached hydrogen (secondary N) is 1. The van der Waals surface area contributed by atoms with Crippen molar-refractivity contribution in [3.63, 3.8) is 0 Å². The van der Waals surface area contributed by atoms with E-state index in [-0.39, 0.29) is 11.4 Å². The van der Waals surface area contributed by atoms with Crippen LogP contribution in [-0.2, 0) is 11.3 Å². The standard InChI is InChI=1S/C16H24FN3O/c1-16(21-2)6-3-7-20(11-16)15-12(8-13(17)10-19-15)9-18-14-4-5-14/h8,10,14,18H,3-7,9,11H2,1-2H3. The molecule has 0 amide bonds. The molecular formula is C16H24FN3O. The van der Waals surface area contributed by atoms with Gasteiger partial charge in [-0.2, -0.15) is 0 Å². The lowest BCUT2D eigenvalue weighted by Crippen LogP contribution is -2.48. The molecule has 0 bridgehead atoms. The van der Waals surface area contributed by atoms with Gasteiger partial charge in [0, 0.05) is 38.3 Å². The first-order valence-corrected chi connectivity index (χ1v) is 7.77. The van der Waals surface area contributed by atoms with Crippen molar-refractivity contribution in [1.29, 1.82) is 0 Å². The molecule has 1 N–H and O–H groups in total. The molecule has 2 aliphatic rings. The second-order valence-electron chi connectivity index (χ2n) is 6.47. The summed E-state index contributed by atoms with van der Waals surface area (Å²) >= 11 is 0. The molecule has 1 aromatic heterocycles. The first-order chi connectivity index (χ1) is 10.1. The van der Waals surface area contributed by atoms with E-state index >= 15 is 0 Å². The Morgan fingerprint density at radius 2 is 2.33 bits per heavy atom. The Hall–Kier alpha value is -1.20. The minimum atomic E-state index is -0.266. The Morgan fingerprint density at radius 3 is 3.05 bits per heavy atom. The van der Waals surface area contributed by atoms with Crippen LogP contribution in [0.3, 0.4) is 0 Å². The normalized spacial score (nSPS) is 26.1. The summed E-state index contributed by atoms with van der Waals surface area (Å²) in [4.78, 5) is 6.59. The lowest BCUT2D eigenvalue weighted by molar-refractivity contribution is -0.00485. The molecule has 0 radical (unpaired) electrons. The fourth-order valence-electron chi connectivity index (χ4n) is 2.98. The van der Waals surface area contributed by atoms with Crippen LogP contribution in [0.5, 0.6) is 0 Å². The smallest absolute Gasteiger partial charge is 0.141 e. The lowest BCUT2D eigenvalue weighted by atomic mass is 9.94. The van der Waals surface area contributed by atoms with E-state index in [4.69, 9.17) is 4.74 Å². The van der Waals surface area contributed by atoms with Crippen LogP contribution < -0.4 is 10.2 Å². The van der Waals surface area contributed by atoms with Crippen LogP contribution in [0.1, 0.15) is 38.2 Å². The summed E-state index contributed by atoms with van der Waals surface area (Å²) in [5, 5.41) is 3.45. The molecule has 21 heavy (non-hydrogen) atoms. The van der Waals surface area contributed by atoms with Crippen molar-refractivity contribution >= 4 is 5.82 Å². The highest BCUT2D eigenvalue weighted by Crippen LogP contribution is 2.29. The summed E-state index contributed by atoms with van der Waals surface area (Å²) in [5.74, 6) is 0.630. The summed E-state index contributed by atoms with van der Waals surface area (Å²) < 4.78 is 19.2. The highest BCUT2D eigenvalue weighted by molar-refractivity contribution is 5.48. The molecule has 1 aliphatic carbocycles. The van der Waals surface area contributed by atoms with Gasteiger partial charge in [-0.3, -0.25) is 0 Å². The molecule has 0 aromatic carbocycles. The van der Waals surface area contributed by atoms with Gasteiger partial charge in [-0.05, 0) is 38.7 Å². The van der Waals surface area contributed by atoms with Gasteiger partial charge in [0.05, 0.1) is 11.8 Å². The van der Waals surface area contributed by atoms with Crippen LogP contribution in [-0.4, -0.2) is 36.8 Å². The van der Waals surface area contributed by atoms with Gasteiger partial charge >= 0.3 is 0 Å². The molecule has 1 unspecified atom stereocenters. The van der Waals surface area contributed by atoms with Crippen LogP contribution in [0.2, 0.25) is 0 Å². The third-order valence-electron chi connectivity index (χ3n) is 4.52. The first-order valence-electron chi connectivity index (χ1n) is 7.77. The molecule has 1 saturated carbocycles. The molecule has 1 saturated heterocycles. The van der Waals surface area contributed by atoms with Gasteiger partial charge < -0.3 is 15.0 Å². The number of nitrogens with zero attached hydrogens (tertiary/aromatic N) is 2. The van der Waals surface area contributed by atoms with E-state index in [1.165, 1.54) is 19.0 Å². The third kappa shape index (κ3) is 3.52. The fraction of sp³-hybridized carbons (Fsp3) is 0.688. The molecule has 0 spiro atoms. The predicted octanol–water partition coefficient (Wildman–Crippen LogP) is 2.48. The molecule has 1 aliphatic heterocycles. The van der Waals surface area contributed by atoms with E-state index < -0.39 is 0 Å². The Labute approximate surface area is 125 Å². The average Bonchev–Trinajstić information content (AvgIpc) is 3.29. The summed E-state index contributed by atoms with van der Waals surface area (Å²) in [6.07, 6.45) is 5.89. The predicted molar refractivity (Wildman–Crippen MR) is 80.9 cm³/mol. The number of pyridine rings is 1. The quantitative estimate of drug-likeness (QED) is 0.905. The molecule has 3 rings (SSSR count). The van der Waals surface area contributed by atoms with E-state index in [0.29, 0.717) is 12.6 Å². The van der Waals surface area contributed by atoms with Crippen molar-refractivity contribution in [2.75, 3.05) is 25.1 Å². The largest absolute Gasteiger partial charge is 0.377 e. The first kappa shape index (κ1) is 14.7. The molecule has 2 fully saturated rings. The Balaban J connectivity index is 1.79. The van der Waals surface area contributed by atoms with Crippen molar-refractivity contribution < 1.29 is 9.13 Å². The van der Waals surface area contributed by atoms with Crippen LogP contribution >= 0.6 is 0 Å². The van der Waals surface area contributed by atoms with Gasteiger partial charge in [0.1, 0.15) is 11.6 Å². The van der Waals surface area contributed by atoms with Gasteiger partial charge in [0.25, 0.3) is 0 Å². The van der Waals surface area contributed by atoms with Crippen LogP contribution in [0, 0.1) is 5.82 Å². The monoisotopic (exact) mass is 293 g/mol. The van der Waals surface area contributed by atoms with Crippen molar-refractivity contribution in [2.24, 2.45) is 0 Å². The minimum Gasteiger partial charge on any atom is -0.377 e. The average molecular weight is 293 g/mol. The highest BCUT2D eigenvalue weighted by Gasteiger charge is 2.32. The Bertz CT molecular complexity index is 506. The summed E-state index contributed by atoms with van der Waals surface area (Å²) in [7, 11) is 1.76. The van der Waals surface area contributed by atoms with Gasteiger partial charge in [-0.1, -0.05) is 0 Å². The zero-order valence-electron chi connectivity index (χ0n) is 12.9. The maximum Gasteiger partial charge on any atom is 0.141 e. The SMILES string of the molecule is COC1(C)CCCN(c2ncc(F)cc2CNC2CC2)C1. The zero-order chi connectivity index (χ0) is 14.9. The lowest BCUT2D eigenvalue weighted by Gasteiger charge is -2.40. The van der Waals surface area contributed by atoms with Gasteiger partial charge in [-0.25, -0.2) is 9.37 Å². The van der Waals surface area contributed by atoms with E-state index in [0.717, 1.165) is 37.3 Å². The fourth-order valence-corrected chi connectivity index (χ4v) is 2.98. The number of aromatic nitrogens is 1. The Morgan fingerprint density at radius 1 is 1.52 bits per heavy atom. The van der Waals surface area contributed by atoms with Crippen molar-refractivity contribution in [2.45, 2.75) is 50.8 Å². The van der Waals surface area contributed by atoms with Crippen LogP contribution in [0.4, 0.5) is 10.2 Å². The number of methoxy groups -OCH3 is 1. The van der Waals surface area contributed by atoms with Gasteiger partial charge in [-0.15, -0.1) is 0 Å². The minimum absolute atomic E-state index is 0.143. The second kappa shape index (κ2) is 5.89. The molecule has 116 valence electrons. The summed E-state index contributed by atoms with van der Waals surface area (Å²) in [6, 6.07) is 2.21. The molecule has 5 heteroatoms. The third-order valence-corrected chi connectivity index (χ3v) is 4.52. The van der Waals surface area contributed by atoms with E-state index in [9.17, 15) is 4.39 Å². The van der Waals surface area contributed by atoms with Gasteiger partial charge in [0.2, 0.25) is 0 Å². The molecule has 4 nitrogen and oxygen atoms in total. The summed E-state index contributed by atoms with van der Waals surface area (Å²) in [6.45, 7) is 4.57. The van der Waals surface area contributed by atoms with Crippen LogP contribution in [0.25, 0.3) is 0 Å². The number of halogens is 1. The van der Waals surface area contributed by atoms with E-state index in [1.54, 1.807) is 13.2 Å². The second-order valence-corrected chi connectivity index (χ2v) is 6.47. The number of hydrogen-bond donors (Lipinski definition) is 1. The topological polar surface area (TPSA) is 37.4 Å². The number of piperidine rings is 1. The molecule has 2 heterocycles. The summed E-state index contributed by atoms with van der Waals surface area (Å²) in [5.41, 5.74) is 0.803. The van der Waals surface area contributed by atoms with Crippen molar-refractivity contribution in [3.05, 3.63) is 23.6 Å².